The van der Waals surface area contributed by atoms with Crippen LogP contribution in [0.2, 0.25) is 10.2 Å². The van der Waals surface area contributed by atoms with Gasteiger partial charge in [-0.1, -0.05) is 29.6 Å². The number of hydrogen-bond donors (Lipinski definition) is 2. The molecule has 0 radical (unpaired) electrons. The van der Waals surface area contributed by atoms with E-state index in [1.165, 1.54) is 7.11 Å². The van der Waals surface area contributed by atoms with Gasteiger partial charge in [-0.05, 0) is 25.8 Å². The molecule has 8 heteroatoms. The van der Waals surface area contributed by atoms with Gasteiger partial charge in [0.25, 0.3) is 0 Å². The van der Waals surface area contributed by atoms with Crippen molar-refractivity contribution in [2.75, 3.05) is 20.2 Å². The van der Waals surface area contributed by atoms with E-state index < -0.39 is 0 Å². The molecule has 1 aromatic rings. The van der Waals surface area contributed by atoms with Gasteiger partial charge in [0.15, 0.2) is 5.96 Å². The number of carbonyl (C=O) groups is 1. The summed E-state index contributed by atoms with van der Waals surface area (Å²) in [5.74, 6) is 0.594. The van der Waals surface area contributed by atoms with Crippen molar-refractivity contribution in [3.8, 4) is 0 Å². The Kier molecular flexibility index (Phi) is 9.64. The number of nitrogens with zero attached hydrogens (tertiary/aromatic N) is 2. The molecule has 1 aromatic heterocycles. The largest absolute Gasteiger partial charge is 0.469 e. The van der Waals surface area contributed by atoms with E-state index in [2.05, 4.69) is 20.4 Å². The molecular formula is C16H26Cl2N4O2. The number of guanidine groups is 1. The van der Waals surface area contributed by atoms with E-state index in [4.69, 9.17) is 23.2 Å². The highest BCUT2D eigenvalue weighted by Crippen LogP contribution is 2.25. The lowest BCUT2D eigenvalue weighted by molar-refractivity contribution is -0.140. The third-order valence-corrected chi connectivity index (χ3v) is 4.38. The van der Waals surface area contributed by atoms with Gasteiger partial charge in [0.2, 0.25) is 0 Å². The number of methoxy groups -OCH3 is 1. The Balaban J connectivity index is 2.40. The van der Waals surface area contributed by atoms with Gasteiger partial charge in [0, 0.05) is 32.3 Å². The summed E-state index contributed by atoms with van der Waals surface area (Å²) < 4.78 is 6.44. The number of aliphatic imine (C=N–C) groups is 1. The Morgan fingerprint density at radius 2 is 2.04 bits per heavy atom. The van der Waals surface area contributed by atoms with Crippen LogP contribution in [-0.2, 0) is 23.1 Å². The zero-order valence-electron chi connectivity index (χ0n) is 14.5. The first-order valence-corrected chi connectivity index (χ1v) is 8.83. The molecule has 0 spiro atoms. The molecule has 0 aliphatic carbocycles. The van der Waals surface area contributed by atoms with Crippen LogP contribution >= 0.6 is 23.2 Å². The van der Waals surface area contributed by atoms with Gasteiger partial charge in [-0.15, -0.1) is 0 Å². The fourth-order valence-corrected chi connectivity index (χ4v) is 2.54. The van der Waals surface area contributed by atoms with Crippen LogP contribution in [-0.4, -0.2) is 36.7 Å². The minimum absolute atomic E-state index is 0.155. The van der Waals surface area contributed by atoms with Crippen LogP contribution in [0.1, 0.15) is 38.3 Å². The van der Waals surface area contributed by atoms with Gasteiger partial charge in [-0.2, -0.15) is 0 Å². The summed E-state index contributed by atoms with van der Waals surface area (Å²) in [6.07, 6.45) is 3.23. The number of hydrogen-bond acceptors (Lipinski definition) is 3. The zero-order valence-corrected chi connectivity index (χ0v) is 16.0. The van der Waals surface area contributed by atoms with Crippen molar-refractivity contribution in [2.45, 2.75) is 39.2 Å². The van der Waals surface area contributed by atoms with Gasteiger partial charge in [-0.25, -0.2) is 4.99 Å². The van der Waals surface area contributed by atoms with Crippen molar-refractivity contribution >= 4 is 35.1 Å². The Labute approximate surface area is 153 Å². The topological polar surface area (TPSA) is 67.7 Å². The summed E-state index contributed by atoms with van der Waals surface area (Å²) in [6, 6.07) is 1.82. The molecule has 0 aromatic carbocycles. The van der Waals surface area contributed by atoms with Crippen molar-refractivity contribution in [3.05, 3.63) is 21.9 Å². The van der Waals surface area contributed by atoms with E-state index in [0.29, 0.717) is 23.1 Å². The van der Waals surface area contributed by atoms with E-state index >= 15 is 0 Å². The average Bonchev–Trinajstić information content (AvgIpc) is 2.82. The monoisotopic (exact) mass is 376 g/mol. The lowest BCUT2D eigenvalue weighted by atomic mass is 10.2. The van der Waals surface area contributed by atoms with Crippen molar-refractivity contribution in [1.29, 1.82) is 0 Å². The second kappa shape index (κ2) is 11.2. The number of carbonyl (C=O) groups excluding carboxylic acids is 1. The molecule has 0 amide bonds. The van der Waals surface area contributed by atoms with E-state index in [1.807, 2.05) is 24.6 Å². The molecule has 0 aliphatic heterocycles. The molecule has 0 saturated carbocycles. The third-order valence-electron chi connectivity index (χ3n) is 3.54. The SMILES string of the molecule is CCNC(=NCc1cc(Cl)c(Cl)n1C)NCCCCCC(=O)OC. The molecule has 0 saturated heterocycles. The lowest BCUT2D eigenvalue weighted by Crippen LogP contribution is -2.37. The Morgan fingerprint density at radius 1 is 1.29 bits per heavy atom. The first-order chi connectivity index (χ1) is 11.5. The predicted molar refractivity (Wildman–Crippen MR) is 98.7 cm³/mol. The quantitative estimate of drug-likeness (QED) is 0.300. The maximum atomic E-state index is 11.0. The highest BCUT2D eigenvalue weighted by atomic mass is 35.5. The number of esters is 1. The molecular weight excluding hydrogens is 351 g/mol. The van der Waals surface area contributed by atoms with E-state index in [1.54, 1.807) is 0 Å². The van der Waals surface area contributed by atoms with Crippen molar-refractivity contribution in [2.24, 2.45) is 12.0 Å². The second-order valence-electron chi connectivity index (χ2n) is 5.34. The number of rotatable bonds is 9. The second-order valence-corrected chi connectivity index (χ2v) is 6.11. The number of aromatic nitrogens is 1. The van der Waals surface area contributed by atoms with E-state index in [9.17, 15) is 4.79 Å². The van der Waals surface area contributed by atoms with Crippen LogP contribution in [0.25, 0.3) is 0 Å². The number of unbranched alkanes of at least 4 members (excludes halogenated alkanes) is 2. The summed E-state index contributed by atoms with van der Waals surface area (Å²) in [4.78, 5) is 15.6. The fourth-order valence-electron chi connectivity index (χ4n) is 2.12. The third kappa shape index (κ3) is 7.01. The summed E-state index contributed by atoms with van der Waals surface area (Å²) >= 11 is 12.1. The van der Waals surface area contributed by atoms with Crippen LogP contribution < -0.4 is 10.6 Å². The van der Waals surface area contributed by atoms with Gasteiger partial charge in [-0.3, -0.25) is 4.79 Å². The highest BCUT2D eigenvalue weighted by molar-refractivity contribution is 6.41. The fraction of sp³-hybridized carbons (Fsp3) is 0.625. The van der Waals surface area contributed by atoms with E-state index in [0.717, 1.165) is 44.0 Å². The molecule has 0 bridgehead atoms. The van der Waals surface area contributed by atoms with Crippen molar-refractivity contribution in [1.82, 2.24) is 15.2 Å². The molecule has 1 heterocycles. The molecule has 2 N–H and O–H groups in total. The molecule has 0 atom stereocenters. The van der Waals surface area contributed by atoms with Gasteiger partial charge >= 0.3 is 5.97 Å². The van der Waals surface area contributed by atoms with Crippen LogP contribution in [0, 0.1) is 0 Å². The average molecular weight is 377 g/mol. The molecule has 24 heavy (non-hydrogen) atoms. The van der Waals surface area contributed by atoms with Crippen LogP contribution in [0.5, 0.6) is 0 Å². The summed E-state index contributed by atoms with van der Waals surface area (Å²) in [5.41, 5.74) is 0.945. The molecule has 136 valence electrons. The standard InChI is InChI=1S/C16H26Cl2N4O2/c1-4-19-16(20-9-7-5-6-8-14(23)24-3)21-11-12-10-13(17)15(18)22(12)2/h10H,4-9,11H2,1-3H3,(H2,19,20,21). The number of nitrogens with one attached hydrogen (secondary N) is 2. The minimum Gasteiger partial charge on any atom is -0.469 e. The molecule has 1 rings (SSSR count). The van der Waals surface area contributed by atoms with Crippen LogP contribution in [0.3, 0.4) is 0 Å². The smallest absolute Gasteiger partial charge is 0.305 e. The zero-order chi connectivity index (χ0) is 17.9. The Morgan fingerprint density at radius 3 is 2.62 bits per heavy atom. The summed E-state index contributed by atoms with van der Waals surface area (Å²) in [6.45, 7) is 4.08. The molecule has 0 unspecified atom stereocenters. The molecule has 6 nitrogen and oxygen atoms in total. The number of halogens is 2. The summed E-state index contributed by atoms with van der Waals surface area (Å²) in [7, 11) is 3.27. The van der Waals surface area contributed by atoms with Gasteiger partial charge in [0.05, 0.1) is 18.7 Å². The Bertz CT molecular complexity index is 559. The Hall–Kier alpha value is -1.40. The summed E-state index contributed by atoms with van der Waals surface area (Å²) in [5, 5.41) is 7.54. The highest BCUT2D eigenvalue weighted by Gasteiger charge is 2.08. The minimum atomic E-state index is -0.155. The maximum Gasteiger partial charge on any atom is 0.305 e. The van der Waals surface area contributed by atoms with Gasteiger partial charge < -0.3 is 19.9 Å². The van der Waals surface area contributed by atoms with Crippen molar-refractivity contribution in [3.63, 3.8) is 0 Å². The lowest BCUT2D eigenvalue weighted by Gasteiger charge is -2.11. The van der Waals surface area contributed by atoms with Crippen molar-refractivity contribution < 1.29 is 9.53 Å². The van der Waals surface area contributed by atoms with Crippen LogP contribution in [0.4, 0.5) is 0 Å². The normalized spacial score (nSPS) is 11.5. The number of ether oxygens (including phenoxy) is 1. The van der Waals surface area contributed by atoms with E-state index in [-0.39, 0.29) is 5.97 Å². The molecule has 0 aliphatic rings. The first kappa shape index (κ1) is 20.6. The maximum absolute atomic E-state index is 11.0. The van der Waals surface area contributed by atoms with Gasteiger partial charge in [0.1, 0.15) is 5.15 Å². The first-order valence-electron chi connectivity index (χ1n) is 8.08. The van der Waals surface area contributed by atoms with Crippen LogP contribution in [0.15, 0.2) is 11.1 Å². The molecule has 0 fully saturated rings. The predicted octanol–water partition coefficient (Wildman–Crippen LogP) is 3.12.